The van der Waals surface area contributed by atoms with Crippen LogP contribution in [-0.4, -0.2) is 29.9 Å². The molecule has 0 N–H and O–H groups in total. The van der Waals surface area contributed by atoms with Gasteiger partial charge in [-0.2, -0.15) is 0 Å². The largest absolute Gasteiger partial charge is 0.252 e. The molecule has 9 heteroatoms. The second kappa shape index (κ2) is 36.5. The SMILES string of the molecule is c1ccc(-c2cc(-c3ccccc3)c3sc4c(-c5cccc(-c6cnc7c8ccccc8c8ccccc8c7n6)c5)cc(-c5ccccc5)cc4c3c2)cc1.c1ccc(-c2ccc3sc4c(-c5cccc(-c6cnc7c8ccccc8c8ccccc8c7n6)c5)cc(-c5ccccc5)cc4c3c2)cc1.c1ccc(-c2cccc3c2sc2c(-c4cccc(-c5cnc6c7ccccc7c7ccccc7c6n5)c4)cccc23)cc1. The Morgan fingerprint density at radius 3 is 0.701 bits per heavy atom. The average molecular weight is 1920 g/mol. The monoisotopic (exact) mass is 1920 g/mol. The van der Waals surface area contributed by atoms with Crippen molar-refractivity contribution in [2.75, 3.05) is 0 Å². The van der Waals surface area contributed by atoms with Crippen LogP contribution in [0, 0.1) is 0 Å². The smallest absolute Gasteiger partial charge is 0.0979 e. The standard InChI is InChI=1S/C52H32N2S.C46H28N2S.C40H24N2S/c1-4-15-33(16-5-1)38-28-44(35-19-8-3-9-20-35)51-46(30-38)47-31-39(34-17-6-2-7-18-34)29-45(52(47)55-51)36-21-14-22-37(27-36)48-32-53-49-42-25-12-10-23-40(42)41-24-11-13-26-43(41)50(49)54-48;1-3-12-29(13-4-1)31-22-23-43-40(25-31)41-27-34(30-14-5-2-6-15-30)26-39(46(41)49-43)32-16-11-17-33(24-32)42-28-47-44-37-20-9-7-18-35(37)36-19-8-10-21-38(36)45(44)48-42;1-2-11-25(12-3-1)28-19-9-21-34-35-22-10-20-29(40(35)43-39(28)34)26-13-8-14-27(23-26)36-24-41-37-32-17-6-4-15-30(32)31-16-5-7-18-33(31)38(37)42-36/h1-32H;1-28H;1-24H. The van der Waals surface area contributed by atoms with E-state index in [0.717, 1.165) is 105 Å². The van der Waals surface area contributed by atoms with E-state index in [1.807, 2.05) is 52.6 Å². The van der Waals surface area contributed by atoms with Crippen molar-refractivity contribution in [2.45, 2.75) is 0 Å². The van der Waals surface area contributed by atoms with Gasteiger partial charge in [-0.1, -0.05) is 425 Å². The highest BCUT2D eigenvalue weighted by molar-refractivity contribution is 7.27. The van der Waals surface area contributed by atoms with Gasteiger partial charge >= 0.3 is 0 Å². The van der Waals surface area contributed by atoms with Crippen molar-refractivity contribution in [3.05, 3.63) is 510 Å². The minimum Gasteiger partial charge on any atom is -0.252 e. The normalized spacial score (nSPS) is 11.7. The van der Waals surface area contributed by atoms with Crippen molar-refractivity contribution in [1.29, 1.82) is 0 Å². The van der Waals surface area contributed by atoms with Gasteiger partial charge in [0.05, 0.1) is 68.8 Å². The second-order valence-electron chi connectivity index (χ2n) is 37.7. The third-order valence-electron chi connectivity index (χ3n) is 29.1. The minimum atomic E-state index is 0.862. The zero-order chi connectivity index (χ0) is 96.9. The Kier molecular flexibility index (Phi) is 21.4. The minimum absolute atomic E-state index is 0.862. The fraction of sp³-hybridized carbons (Fsp3) is 0. The highest BCUT2D eigenvalue weighted by Crippen LogP contribution is 2.52. The van der Waals surface area contributed by atoms with Gasteiger partial charge in [0.1, 0.15) is 0 Å². The zero-order valence-electron chi connectivity index (χ0n) is 79.4. The number of hydrogen-bond acceptors (Lipinski definition) is 9. The van der Waals surface area contributed by atoms with E-state index < -0.39 is 0 Å². The molecule has 0 aliphatic rings. The van der Waals surface area contributed by atoms with Crippen LogP contribution in [0.4, 0.5) is 0 Å². The molecule has 0 aliphatic carbocycles. The maximum absolute atomic E-state index is 5.34. The number of benzene rings is 24. The first-order valence-corrected chi connectivity index (χ1v) is 52.2. The first-order valence-electron chi connectivity index (χ1n) is 49.7. The number of hydrogen-bond donors (Lipinski definition) is 0. The van der Waals surface area contributed by atoms with Crippen molar-refractivity contribution < 1.29 is 0 Å². The van der Waals surface area contributed by atoms with Crippen LogP contribution in [0.2, 0.25) is 0 Å². The molecule has 0 atom stereocenters. The third-order valence-corrected chi connectivity index (χ3v) is 32.9. The van der Waals surface area contributed by atoms with Crippen molar-refractivity contribution >= 4 is 192 Å². The first kappa shape index (κ1) is 86.4. The quantitative estimate of drug-likeness (QED) is 0.113. The molecule has 6 heterocycles. The van der Waals surface area contributed by atoms with Crippen molar-refractivity contribution in [3.63, 3.8) is 0 Å². The molecule has 0 fully saturated rings. The number of fused-ring (bicyclic) bond motifs is 27. The third kappa shape index (κ3) is 15.4. The number of aromatic nitrogens is 6. The average Bonchev–Trinajstić information content (AvgIpc) is 1.56. The maximum atomic E-state index is 5.34. The zero-order valence-corrected chi connectivity index (χ0v) is 81.9. The van der Waals surface area contributed by atoms with Crippen molar-refractivity contribution in [2.24, 2.45) is 0 Å². The summed E-state index contributed by atoms with van der Waals surface area (Å²) >= 11 is 5.64. The second-order valence-corrected chi connectivity index (χ2v) is 40.7. The molecular weight excluding hydrogens is 1840 g/mol. The fourth-order valence-electron chi connectivity index (χ4n) is 22.0. The van der Waals surface area contributed by atoms with Gasteiger partial charge in [-0.3, -0.25) is 15.0 Å². The summed E-state index contributed by atoms with van der Waals surface area (Å²) in [5.74, 6) is 0. The Morgan fingerprint density at radius 2 is 0.354 bits per heavy atom. The molecule has 24 aromatic carbocycles. The number of rotatable bonds is 12. The van der Waals surface area contributed by atoms with Gasteiger partial charge in [-0.05, 0) is 182 Å². The van der Waals surface area contributed by atoms with E-state index in [9.17, 15) is 0 Å². The Morgan fingerprint density at radius 1 is 0.122 bits per heavy atom. The summed E-state index contributed by atoms with van der Waals surface area (Å²) in [6, 6.07) is 176. The molecule has 0 aliphatic heterocycles. The lowest BCUT2D eigenvalue weighted by atomic mass is 9.92. The lowest BCUT2D eigenvalue weighted by Crippen LogP contribution is -1.92. The molecule has 0 spiro atoms. The van der Waals surface area contributed by atoms with Gasteiger partial charge < -0.3 is 0 Å². The van der Waals surface area contributed by atoms with Crippen molar-refractivity contribution in [1.82, 2.24) is 29.9 Å². The van der Waals surface area contributed by atoms with Gasteiger partial charge in [0.15, 0.2) is 0 Å². The maximum Gasteiger partial charge on any atom is 0.0979 e. The summed E-state index contributed by atoms with van der Waals surface area (Å²) in [6.07, 6.45) is 5.80. The molecule has 6 aromatic heterocycles. The van der Waals surface area contributed by atoms with Gasteiger partial charge in [0.2, 0.25) is 0 Å². The van der Waals surface area contributed by atoms with E-state index in [2.05, 4.69) is 491 Å². The van der Waals surface area contributed by atoms with Crippen LogP contribution in [-0.2, 0) is 0 Å². The van der Waals surface area contributed by atoms with E-state index in [1.165, 1.54) is 187 Å². The highest BCUT2D eigenvalue weighted by atomic mass is 32.1. The van der Waals surface area contributed by atoms with Gasteiger partial charge in [0, 0.05) is 126 Å². The van der Waals surface area contributed by atoms with Gasteiger partial charge in [-0.15, -0.1) is 34.0 Å². The summed E-state index contributed by atoms with van der Waals surface area (Å²) in [4.78, 5) is 31.0. The molecule has 0 amide bonds. The molecule has 0 saturated carbocycles. The number of nitrogens with zero attached hydrogens (tertiary/aromatic N) is 6. The Balaban J connectivity index is 0.000000107. The predicted molar refractivity (Wildman–Crippen MR) is 628 cm³/mol. The molecule has 6 nitrogen and oxygen atoms in total. The van der Waals surface area contributed by atoms with Crippen LogP contribution >= 0.6 is 34.0 Å². The summed E-state index contributed by atoms with van der Waals surface area (Å²) < 4.78 is 7.78. The fourth-order valence-corrected chi connectivity index (χ4v) is 25.9. The van der Waals surface area contributed by atoms with Gasteiger partial charge in [-0.25, -0.2) is 15.0 Å². The first-order chi connectivity index (χ1) is 72.9. The van der Waals surface area contributed by atoms with Crippen LogP contribution < -0.4 is 0 Å². The molecule has 30 aromatic rings. The summed E-state index contributed by atoms with van der Waals surface area (Å²) in [5.41, 5.74) is 33.3. The van der Waals surface area contributed by atoms with Crippen molar-refractivity contribution in [3.8, 4) is 134 Å². The molecular formula is C138H84N6S3. The lowest BCUT2D eigenvalue weighted by Gasteiger charge is -2.12. The Hall–Kier alpha value is -18.5. The summed E-state index contributed by atoms with van der Waals surface area (Å²) in [7, 11) is 0. The van der Waals surface area contributed by atoms with E-state index >= 15 is 0 Å². The molecule has 684 valence electrons. The molecule has 30 rings (SSSR count). The van der Waals surface area contributed by atoms with Crippen LogP contribution in [0.15, 0.2) is 510 Å². The topological polar surface area (TPSA) is 77.3 Å². The lowest BCUT2D eigenvalue weighted by molar-refractivity contribution is 1.31. The van der Waals surface area contributed by atoms with Crippen LogP contribution in [0.1, 0.15) is 0 Å². The van der Waals surface area contributed by atoms with Gasteiger partial charge in [0.25, 0.3) is 0 Å². The molecule has 0 bridgehead atoms. The Bertz CT molecular complexity index is 10400. The highest BCUT2D eigenvalue weighted by Gasteiger charge is 2.25. The molecule has 0 saturated heterocycles. The summed E-state index contributed by atoms with van der Waals surface area (Å²) in [6.45, 7) is 0. The van der Waals surface area contributed by atoms with Crippen LogP contribution in [0.3, 0.4) is 0 Å². The molecule has 147 heavy (non-hydrogen) atoms. The van der Waals surface area contributed by atoms with E-state index in [1.54, 1.807) is 0 Å². The molecule has 0 radical (unpaired) electrons. The predicted octanol–water partition coefficient (Wildman–Crippen LogP) is 38.9. The van der Waals surface area contributed by atoms with Crippen LogP contribution in [0.25, 0.3) is 292 Å². The Labute approximate surface area is 859 Å². The van der Waals surface area contributed by atoms with E-state index in [-0.39, 0.29) is 0 Å². The van der Waals surface area contributed by atoms with E-state index in [0.29, 0.717) is 0 Å². The molecule has 0 unspecified atom stereocenters. The summed E-state index contributed by atoms with van der Waals surface area (Å²) in [5, 5.41) is 21.7. The van der Waals surface area contributed by atoms with E-state index in [4.69, 9.17) is 29.9 Å². The number of thiophene rings is 3. The van der Waals surface area contributed by atoms with Crippen LogP contribution in [0.5, 0.6) is 0 Å².